The molecule has 3 atom stereocenters. The van der Waals surface area contributed by atoms with Crippen LogP contribution in [-0.4, -0.2) is 57.4 Å². The third kappa shape index (κ3) is 4.71. The first-order valence-corrected chi connectivity index (χ1v) is 10.1. The number of aryl methyl sites for hydroxylation is 2. The first-order valence-electron chi connectivity index (χ1n) is 8.46. The molecule has 3 rings (SSSR count). The second-order valence-corrected chi connectivity index (χ2v) is 8.57. The third-order valence-electron chi connectivity index (χ3n) is 4.15. The van der Waals surface area contributed by atoms with E-state index in [4.69, 9.17) is 10.5 Å². The van der Waals surface area contributed by atoms with E-state index in [-0.39, 0.29) is 18.5 Å². The highest BCUT2D eigenvalue weighted by molar-refractivity contribution is 7.17. The van der Waals surface area contributed by atoms with E-state index >= 15 is 0 Å². The van der Waals surface area contributed by atoms with Crippen LogP contribution in [0.4, 0.5) is 0 Å². The molecular weight excluding hydrogens is 388 g/mol. The van der Waals surface area contributed by atoms with Crippen molar-refractivity contribution in [2.24, 2.45) is 5.73 Å². The summed E-state index contributed by atoms with van der Waals surface area (Å²) in [6.07, 6.45) is 1.72. The molecule has 0 amide bonds. The number of carbonyl (C=O) groups is 1. The lowest BCUT2D eigenvalue weighted by atomic mass is 10.0. The number of aromatic nitrogens is 2. The summed E-state index contributed by atoms with van der Waals surface area (Å²) in [6.45, 7) is 4.20. The quantitative estimate of drug-likeness (QED) is 0.515. The fourth-order valence-corrected chi connectivity index (χ4v) is 4.39. The summed E-state index contributed by atoms with van der Waals surface area (Å²) in [6, 6.07) is 0. The van der Waals surface area contributed by atoms with Gasteiger partial charge in [-0.25, -0.2) is 9.97 Å². The number of rotatable bonds is 6. The number of aliphatic hydroxyl groups is 2. The second kappa shape index (κ2) is 8.44. The number of hydrogen-bond donors (Lipinski definition) is 4. The standard InChI is InChI=1S/C17H22N4O4S2/c1-8-16(15(24)14-6-20-9(2)26-14)27-17(21-8)11(18)5-19-4-10-3-12(22)13(23)7-25-10/h5-6,10,12-13,19,22-23H,3-4,7,18H2,1-2H3/b11-5-. The predicted octanol–water partition coefficient (Wildman–Crippen LogP) is 0.805. The minimum atomic E-state index is -0.835. The predicted molar refractivity (Wildman–Crippen MR) is 104 cm³/mol. The van der Waals surface area contributed by atoms with Gasteiger partial charge in [0.1, 0.15) is 11.1 Å². The lowest BCUT2D eigenvalue weighted by Crippen LogP contribution is -2.44. The van der Waals surface area contributed by atoms with Crippen molar-refractivity contribution in [3.05, 3.63) is 37.9 Å². The molecule has 5 N–H and O–H groups in total. The topological polar surface area (TPSA) is 131 Å². The van der Waals surface area contributed by atoms with Gasteiger partial charge >= 0.3 is 0 Å². The fraction of sp³-hybridized carbons (Fsp3) is 0.471. The Labute approximate surface area is 164 Å². The smallest absolute Gasteiger partial charge is 0.216 e. The van der Waals surface area contributed by atoms with Crippen molar-refractivity contribution in [3.8, 4) is 0 Å². The Morgan fingerprint density at radius 1 is 1.41 bits per heavy atom. The SMILES string of the molecule is Cc1ncc(C(=O)c2sc(/C(N)=C/NCC3CC(O)C(O)CO3)nc2C)s1. The Bertz CT molecular complexity index is 848. The molecule has 2 aromatic rings. The van der Waals surface area contributed by atoms with Crippen molar-refractivity contribution in [3.63, 3.8) is 0 Å². The van der Waals surface area contributed by atoms with Crippen molar-refractivity contribution in [1.82, 2.24) is 15.3 Å². The van der Waals surface area contributed by atoms with Gasteiger partial charge in [-0.1, -0.05) is 0 Å². The van der Waals surface area contributed by atoms with E-state index in [2.05, 4.69) is 15.3 Å². The number of hydrogen-bond acceptors (Lipinski definition) is 10. The van der Waals surface area contributed by atoms with Crippen LogP contribution >= 0.6 is 22.7 Å². The lowest BCUT2D eigenvalue weighted by molar-refractivity contribution is -0.118. The fourth-order valence-electron chi connectivity index (χ4n) is 2.65. The molecule has 0 spiro atoms. The molecule has 0 radical (unpaired) electrons. The Hall–Kier alpha value is -1.85. The van der Waals surface area contributed by atoms with Crippen LogP contribution in [-0.2, 0) is 4.74 Å². The van der Waals surface area contributed by atoms with Crippen molar-refractivity contribution in [2.45, 2.75) is 38.6 Å². The van der Waals surface area contributed by atoms with Crippen molar-refractivity contribution >= 4 is 34.2 Å². The molecule has 0 aliphatic carbocycles. The maximum atomic E-state index is 12.6. The summed E-state index contributed by atoms with van der Waals surface area (Å²) in [5, 5.41) is 23.6. The van der Waals surface area contributed by atoms with Gasteiger partial charge in [0.15, 0.2) is 0 Å². The summed E-state index contributed by atoms with van der Waals surface area (Å²) in [5.74, 6) is -0.0919. The van der Waals surface area contributed by atoms with Crippen LogP contribution in [0.25, 0.3) is 5.70 Å². The van der Waals surface area contributed by atoms with Crippen LogP contribution in [0.2, 0.25) is 0 Å². The van der Waals surface area contributed by atoms with Gasteiger partial charge in [0.25, 0.3) is 0 Å². The Balaban J connectivity index is 1.62. The van der Waals surface area contributed by atoms with Crippen molar-refractivity contribution < 1.29 is 19.7 Å². The van der Waals surface area contributed by atoms with Crippen LogP contribution < -0.4 is 11.1 Å². The zero-order valence-corrected chi connectivity index (χ0v) is 16.6. The monoisotopic (exact) mass is 410 g/mol. The Morgan fingerprint density at radius 3 is 2.85 bits per heavy atom. The number of carbonyl (C=O) groups excluding carboxylic acids is 1. The molecule has 0 aromatic carbocycles. The van der Waals surface area contributed by atoms with Gasteiger partial charge in [-0.15, -0.1) is 22.7 Å². The molecule has 0 bridgehead atoms. The Kier molecular flexibility index (Phi) is 6.22. The van der Waals surface area contributed by atoms with Crippen LogP contribution in [0.15, 0.2) is 12.4 Å². The van der Waals surface area contributed by atoms with E-state index < -0.39 is 12.2 Å². The molecule has 146 valence electrons. The molecule has 27 heavy (non-hydrogen) atoms. The van der Waals surface area contributed by atoms with Gasteiger partial charge in [-0.2, -0.15) is 0 Å². The van der Waals surface area contributed by atoms with Gasteiger partial charge in [0, 0.05) is 25.4 Å². The zero-order chi connectivity index (χ0) is 19.6. The van der Waals surface area contributed by atoms with E-state index in [1.807, 2.05) is 6.92 Å². The number of thiazole rings is 2. The average Bonchev–Trinajstić information content (AvgIpc) is 3.23. The largest absolute Gasteiger partial charge is 0.395 e. The number of ether oxygens (including phenoxy) is 1. The Morgan fingerprint density at radius 2 is 2.19 bits per heavy atom. The summed E-state index contributed by atoms with van der Waals surface area (Å²) in [7, 11) is 0. The molecule has 10 heteroatoms. The number of ketones is 1. The molecule has 2 aromatic heterocycles. The minimum absolute atomic E-state index is 0.0919. The number of nitrogens with zero attached hydrogens (tertiary/aromatic N) is 2. The van der Waals surface area contributed by atoms with Crippen LogP contribution in [0.3, 0.4) is 0 Å². The number of nitrogens with one attached hydrogen (secondary N) is 1. The molecule has 1 fully saturated rings. The molecule has 0 saturated carbocycles. The highest BCUT2D eigenvalue weighted by Crippen LogP contribution is 2.26. The summed E-state index contributed by atoms with van der Waals surface area (Å²) in [4.78, 5) is 22.3. The summed E-state index contributed by atoms with van der Waals surface area (Å²) in [5.41, 5.74) is 7.13. The third-order valence-corrected chi connectivity index (χ3v) is 6.27. The summed E-state index contributed by atoms with van der Waals surface area (Å²) >= 11 is 2.60. The summed E-state index contributed by atoms with van der Waals surface area (Å²) < 4.78 is 5.45. The maximum absolute atomic E-state index is 12.6. The van der Waals surface area contributed by atoms with E-state index in [0.29, 0.717) is 39.1 Å². The molecule has 1 aliphatic rings. The van der Waals surface area contributed by atoms with Crippen molar-refractivity contribution in [2.75, 3.05) is 13.2 Å². The highest BCUT2D eigenvalue weighted by Gasteiger charge is 2.27. The number of aliphatic hydroxyl groups excluding tert-OH is 2. The van der Waals surface area contributed by atoms with Gasteiger partial charge in [0.2, 0.25) is 5.78 Å². The maximum Gasteiger partial charge on any atom is 0.216 e. The normalized spacial score (nSPS) is 23.4. The first-order chi connectivity index (χ1) is 12.8. The van der Waals surface area contributed by atoms with E-state index in [1.165, 1.54) is 22.7 Å². The van der Waals surface area contributed by atoms with Gasteiger partial charge in [-0.05, 0) is 13.8 Å². The lowest BCUT2D eigenvalue weighted by Gasteiger charge is -2.30. The molecule has 1 aliphatic heterocycles. The minimum Gasteiger partial charge on any atom is -0.395 e. The molecule has 8 nitrogen and oxygen atoms in total. The molecular formula is C17H22N4O4S2. The first kappa shape index (κ1) is 19.9. The highest BCUT2D eigenvalue weighted by atomic mass is 32.1. The van der Waals surface area contributed by atoms with E-state index in [1.54, 1.807) is 19.3 Å². The number of nitrogens with two attached hydrogens (primary N) is 1. The van der Waals surface area contributed by atoms with E-state index in [0.717, 1.165) is 5.01 Å². The zero-order valence-electron chi connectivity index (χ0n) is 15.0. The van der Waals surface area contributed by atoms with Gasteiger partial charge in [-0.3, -0.25) is 4.79 Å². The second-order valence-electron chi connectivity index (χ2n) is 6.34. The van der Waals surface area contributed by atoms with Gasteiger partial charge < -0.3 is 26.0 Å². The van der Waals surface area contributed by atoms with Crippen LogP contribution in [0.1, 0.15) is 36.7 Å². The van der Waals surface area contributed by atoms with E-state index in [9.17, 15) is 15.0 Å². The van der Waals surface area contributed by atoms with Crippen molar-refractivity contribution in [1.29, 1.82) is 0 Å². The van der Waals surface area contributed by atoms with Crippen LogP contribution in [0, 0.1) is 13.8 Å². The van der Waals surface area contributed by atoms with Gasteiger partial charge in [0.05, 0.1) is 45.0 Å². The molecule has 1 saturated heterocycles. The average molecular weight is 411 g/mol. The molecule has 3 unspecified atom stereocenters. The van der Waals surface area contributed by atoms with Crippen LogP contribution in [0.5, 0.6) is 0 Å². The molecule has 3 heterocycles.